The standard InChI is InChI=1S/C26H25N3O4/c1-18-22(25(30)32-15-7-11-20-9-4-3-5-10-20)24(21-12-6-14-28-17-21)23(19(2)29-18)26(31)33-16-8-13-27/h3-7,9-12,14,17,24,29H,8,15-16H2,1-2H3/b11-7+. The number of aromatic nitrogens is 1. The fraction of sp³-hybridized carbons (Fsp3) is 0.231. The highest BCUT2D eigenvalue weighted by Crippen LogP contribution is 2.38. The number of allylic oxidation sites excluding steroid dienone is 2. The Morgan fingerprint density at radius 1 is 1.06 bits per heavy atom. The van der Waals surface area contributed by atoms with Crippen LogP contribution in [0.15, 0.2) is 83.5 Å². The van der Waals surface area contributed by atoms with Crippen molar-refractivity contribution < 1.29 is 19.1 Å². The molecule has 0 aliphatic carbocycles. The number of carbonyl (C=O) groups excluding carboxylic acids is 2. The molecule has 7 heteroatoms. The SMILES string of the molecule is CC1=C(C(=O)OC/C=C/c2ccccc2)C(c2cccnc2)C(C(=O)OCCC#N)=C(C)N1. The fourth-order valence-corrected chi connectivity index (χ4v) is 3.63. The summed E-state index contributed by atoms with van der Waals surface area (Å²) in [7, 11) is 0. The lowest BCUT2D eigenvalue weighted by Crippen LogP contribution is -2.32. The average Bonchev–Trinajstić information content (AvgIpc) is 2.82. The van der Waals surface area contributed by atoms with Gasteiger partial charge in [0.1, 0.15) is 13.2 Å². The number of nitriles is 1. The molecule has 1 aliphatic rings. The number of rotatable bonds is 8. The van der Waals surface area contributed by atoms with Gasteiger partial charge in [-0.3, -0.25) is 4.98 Å². The summed E-state index contributed by atoms with van der Waals surface area (Å²) in [6, 6.07) is 15.2. The number of benzene rings is 1. The molecule has 0 saturated carbocycles. The topological polar surface area (TPSA) is 101 Å². The third kappa shape index (κ3) is 5.95. The zero-order valence-electron chi connectivity index (χ0n) is 18.6. The van der Waals surface area contributed by atoms with Crippen LogP contribution in [0.2, 0.25) is 0 Å². The van der Waals surface area contributed by atoms with Gasteiger partial charge in [-0.05, 0) is 37.1 Å². The fourth-order valence-electron chi connectivity index (χ4n) is 3.63. The summed E-state index contributed by atoms with van der Waals surface area (Å²) >= 11 is 0. The lowest BCUT2D eigenvalue weighted by Gasteiger charge is -2.30. The second kappa shape index (κ2) is 11.4. The molecule has 2 heterocycles. The minimum Gasteiger partial charge on any atom is -0.461 e. The molecule has 0 amide bonds. The summed E-state index contributed by atoms with van der Waals surface area (Å²) in [6.45, 7) is 3.56. The monoisotopic (exact) mass is 443 g/mol. The molecule has 33 heavy (non-hydrogen) atoms. The van der Waals surface area contributed by atoms with Gasteiger partial charge in [0.2, 0.25) is 0 Å². The van der Waals surface area contributed by atoms with Crippen LogP contribution in [0.4, 0.5) is 0 Å². The molecule has 2 aromatic rings. The maximum absolute atomic E-state index is 13.1. The molecule has 3 rings (SSSR count). The maximum Gasteiger partial charge on any atom is 0.337 e. The van der Waals surface area contributed by atoms with E-state index in [2.05, 4.69) is 10.3 Å². The van der Waals surface area contributed by atoms with E-state index in [9.17, 15) is 9.59 Å². The van der Waals surface area contributed by atoms with Gasteiger partial charge in [0, 0.05) is 23.8 Å². The smallest absolute Gasteiger partial charge is 0.337 e. The molecule has 0 spiro atoms. The van der Waals surface area contributed by atoms with E-state index < -0.39 is 17.9 Å². The van der Waals surface area contributed by atoms with Crippen molar-refractivity contribution in [2.45, 2.75) is 26.2 Å². The van der Waals surface area contributed by atoms with Gasteiger partial charge in [-0.1, -0.05) is 42.5 Å². The first-order valence-electron chi connectivity index (χ1n) is 10.5. The zero-order chi connectivity index (χ0) is 23.6. The van der Waals surface area contributed by atoms with E-state index in [4.69, 9.17) is 14.7 Å². The van der Waals surface area contributed by atoms with Crippen LogP contribution < -0.4 is 5.32 Å². The molecular weight excluding hydrogens is 418 g/mol. The molecule has 0 fully saturated rings. The van der Waals surface area contributed by atoms with E-state index in [-0.39, 0.29) is 19.6 Å². The number of nitrogens with zero attached hydrogens (tertiary/aromatic N) is 2. The van der Waals surface area contributed by atoms with Crippen molar-refractivity contribution in [1.82, 2.24) is 10.3 Å². The predicted molar refractivity (Wildman–Crippen MR) is 123 cm³/mol. The molecule has 1 unspecified atom stereocenters. The lowest BCUT2D eigenvalue weighted by atomic mass is 9.81. The van der Waals surface area contributed by atoms with Crippen molar-refractivity contribution in [1.29, 1.82) is 5.26 Å². The summed E-state index contributed by atoms with van der Waals surface area (Å²) < 4.78 is 10.8. The van der Waals surface area contributed by atoms with Gasteiger partial charge in [-0.2, -0.15) is 5.26 Å². The van der Waals surface area contributed by atoms with Crippen LogP contribution in [0.5, 0.6) is 0 Å². The molecule has 1 aliphatic heterocycles. The average molecular weight is 444 g/mol. The van der Waals surface area contributed by atoms with E-state index in [1.54, 1.807) is 44.4 Å². The molecule has 0 bridgehead atoms. The summed E-state index contributed by atoms with van der Waals surface area (Å²) in [6.07, 6.45) is 6.95. The molecule has 1 aromatic carbocycles. The minimum atomic E-state index is -0.708. The van der Waals surface area contributed by atoms with Crippen LogP contribution in [0.1, 0.15) is 37.3 Å². The van der Waals surface area contributed by atoms with Crippen LogP contribution in [0.25, 0.3) is 6.08 Å². The molecule has 1 aromatic heterocycles. The van der Waals surface area contributed by atoms with E-state index in [0.29, 0.717) is 28.1 Å². The predicted octanol–water partition coefficient (Wildman–Crippen LogP) is 4.03. The van der Waals surface area contributed by atoms with Crippen LogP contribution in [0, 0.1) is 11.3 Å². The van der Waals surface area contributed by atoms with Crippen molar-refractivity contribution in [2.75, 3.05) is 13.2 Å². The Labute approximate surface area is 193 Å². The molecular formula is C26H25N3O4. The highest BCUT2D eigenvalue weighted by Gasteiger charge is 2.38. The molecule has 1 atom stereocenters. The number of nitrogens with one attached hydrogen (secondary N) is 1. The van der Waals surface area contributed by atoms with Gasteiger partial charge in [0.05, 0.1) is 29.6 Å². The lowest BCUT2D eigenvalue weighted by molar-refractivity contribution is -0.139. The number of hydrogen-bond donors (Lipinski definition) is 1. The number of hydrogen-bond acceptors (Lipinski definition) is 7. The van der Waals surface area contributed by atoms with Crippen molar-refractivity contribution in [3.05, 3.63) is 94.6 Å². The molecule has 7 nitrogen and oxygen atoms in total. The van der Waals surface area contributed by atoms with Gasteiger partial charge >= 0.3 is 11.9 Å². The quantitative estimate of drug-likeness (QED) is 0.485. The van der Waals surface area contributed by atoms with Crippen LogP contribution in [-0.4, -0.2) is 30.1 Å². The summed E-state index contributed by atoms with van der Waals surface area (Å²) in [5, 5.41) is 11.9. The van der Waals surface area contributed by atoms with Gasteiger partial charge < -0.3 is 14.8 Å². The van der Waals surface area contributed by atoms with E-state index in [1.165, 1.54) is 0 Å². The molecule has 1 N–H and O–H groups in total. The highest BCUT2D eigenvalue weighted by molar-refractivity contribution is 5.99. The van der Waals surface area contributed by atoms with E-state index in [1.807, 2.05) is 42.5 Å². The Morgan fingerprint density at radius 3 is 2.39 bits per heavy atom. The Hall–Kier alpha value is -4.18. The van der Waals surface area contributed by atoms with Gasteiger partial charge in [-0.25, -0.2) is 9.59 Å². The zero-order valence-corrected chi connectivity index (χ0v) is 18.6. The van der Waals surface area contributed by atoms with Crippen molar-refractivity contribution in [2.24, 2.45) is 0 Å². The Kier molecular flexibility index (Phi) is 8.14. The largest absolute Gasteiger partial charge is 0.461 e. The van der Waals surface area contributed by atoms with Crippen LogP contribution in [0.3, 0.4) is 0 Å². The molecule has 0 radical (unpaired) electrons. The number of ether oxygens (including phenoxy) is 2. The second-order valence-electron chi connectivity index (χ2n) is 7.38. The molecule has 0 saturated heterocycles. The first-order valence-corrected chi connectivity index (χ1v) is 10.5. The highest BCUT2D eigenvalue weighted by atomic mass is 16.5. The minimum absolute atomic E-state index is 0.0291. The number of esters is 2. The summed E-state index contributed by atoms with van der Waals surface area (Å²) in [5.41, 5.74) is 3.43. The normalized spacial score (nSPS) is 15.7. The van der Waals surface area contributed by atoms with Crippen molar-refractivity contribution in [3.8, 4) is 6.07 Å². The number of pyridine rings is 1. The van der Waals surface area contributed by atoms with Gasteiger partial charge in [0.15, 0.2) is 0 Å². The van der Waals surface area contributed by atoms with E-state index in [0.717, 1.165) is 5.56 Å². The Balaban J connectivity index is 1.85. The van der Waals surface area contributed by atoms with Crippen LogP contribution in [-0.2, 0) is 19.1 Å². The Bertz CT molecular complexity index is 1130. The van der Waals surface area contributed by atoms with Gasteiger partial charge in [0.25, 0.3) is 0 Å². The van der Waals surface area contributed by atoms with E-state index >= 15 is 0 Å². The third-order valence-corrected chi connectivity index (χ3v) is 5.09. The van der Waals surface area contributed by atoms with Crippen LogP contribution >= 0.6 is 0 Å². The first-order chi connectivity index (χ1) is 16.0. The van der Waals surface area contributed by atoms with Crippen molar-refractivity contribution >= 4 is 18.0 Å². The maximum atomic E-state index is 13.1. The first kappa shape index (κ1) is 23.5. The van der Waals surface area contributed by atoms with Crippen molar-refractivity contribution in [3.63, 3.8) is 0 Å². The number of dihydropyridines is 1. The summed E-state index contributed by atoms with van der Waals surface area (Å²) in [4.78, 5) is 30.2. The summed E-state index contributed by atoms with van der Waals surface area (Å²) in [5.74, 6) is -1.84. The second-order valence-corrected chi connectivity index (χ2v) is 7.38. The third-order valence-electron chi connectivity index (χ3n) is 5.09. The number of carbonyl (C=O) groups is 2. The molecule has 168 valence electrons. The Morgan fingerprint density at radius 2 is 1.76 bits per heavy atom. The van der Waals surface area contributed by atoms with Gasteiger partial charge in [-0.15, -0.1) is 0 Å².